The molecule has 0 heterocycles. The summed E-state index contributed by atoms with van der Waals surface area (Å²) in [6.07, 6.45) is 2.95. The van der Waals surface area contributed by atoms with Gasteiger partial charge in [0.15, 0.2) is 0 Å². The molecule has 1 aromatic rings. The van der Waals surface area contributed by atoms with Crippen molar-refractivity contribution in [2.75, 3.05) is 18.6 Å². The Hall–Kier alpha value is -0.0900. The van der Waals surface area contributed by atoms with Gasteiger partial charge in [0, 0.05) is 10.6 Å². The van der Waals surface area contributed by atoms with E-state index in [0.717, 1.165) is 17.1 Å². The molecule has 0 radical (unpaired) electrons. The Labute approximate surface area is 117 Å². The lowest BCUT2D eigenvalue weighted by molar-refractivity contribution is 0.296. The Balaban J connectivity index is 2.72. The average Bonchev–Trinajstić information content (AvgIpc) is 2.38. The lowest BCUT2D eigenvalue weighted by atomic mass is 10.3. The van der Waals surface area contributed by atoms with Crippen LogP contribution < -0.4 is 4.52 Å². The molecule has 1 unspecified atom stereocenters. The van der Waals surface area contributed by atoms with Crippen LogP contribution in [0.1, 0.15) is 20.3 Å². The third-order valence-corrected chi connectivity index (χ3v) is 6.71. The molecule has 0 spiro atoms. The molecule has 0 fully saturated rings. The molecule has 0 aliphatic carbocycles. The Bertz CT molecular complexity index is 395. The van der Waals surface area contributed by atoms with Crippen molar-refractivity contribution in [3.8, 4) is 5.75 Å². The molecule has 0 aliphatic heterocycles. The van der Waals surface area contributed by atoms with E-state index in [1.54, 1.807) is 11.8 Å². The summed E-state index contributed by atoms with van der Waals surface area (Å²) in [5.74, 6) is 1.35. The van der Waals surface area contributed by atoms with Gasteiger partial charge < -0.3 is 4.52 Å². The van der Waals surface area contributed by atoms with Crippen LogP contribution in [-0.4, -0.2) is 18.6 Å². The van der Waals surface area contributed by atoms with Gasteiger partial charge in [0.25, 0.3) is 0 Å². The third-order valence-electron chi connectivity index (χ3n) is 2.02. The highest BCUT2D eigenvalue weighted by molar-refractivity contribution is 8.55. The quantitative estimate of drug-likeness (QED) is 0.494. The lowest BCUT2D eigenvalue weighted by Gasteiger charge is -2.17. The molecule has 0 aliphatic rings. The fourth-order valence-electron chi connectivity index (χ4n) is 1.22. The molecular weight excluding hydrogens is 287 g/mol. The van der Waals surface area contributed by atoms with Gasteiger partial charge in [-0.2, -0.15) is 0 Å². The van der Waals surface area contributed by atoms with E-state index >= 15 is 0 Å². The molecule has 0 saturated carbocycles. The van der Waals surface area contributed by atoms with Crippen LogP contribution in [0.2, 0.25) is 0 Å². The first-order valence-electron chi connectivity index (χ1n) is 5.86. The smallest absolute Gasteiger partial charge is 0.417 e. The topological polar surface area (TPSA) is 35.5 Å². The zero-order chi connectivity index (χ0) is 13.4. The van der Waals surface area contributed by atoms with Crippen molar-refractivity contribution in [3.05, 3.63) is 24.3 Å². The number of thioether (sulfide) groups is 1. The molecular formula is C12H19O3PS2. The van der Waals surface area contributed by atoms with Gasteiger partial charge in [-0.25, -0.2) is 4.57 Å². The van der Waals surface area contributed by atoms with Crippen LogP contribution in [0, 0.1) is 0 Å². The van der Waals surface area contributed by atoms with E-state index in [9.17, 15) is 4.57 Å². The van der Waals surface area contributed by atoms with E-state index in [1.807, 2.05) is 44.4 Å². The first-order chi connectivity index (χ1) is 8.63. The highest BCUT2D eigenvalue weighted by Gasteiger charge is 2.26. The second kappa shape index (κ2) is 8.16. The molecule has 6 heteroatoms. The average molecular weight is 306 g/mol. The first kappa shape index (κ1) is 16.0. The van der Waals surface area contributed by atoms with Gasteiger partial charge >= 0.3 is 6.80 Å². The number of hydrogen-bond acceptors (Lipinski definition) is 5. The molecule has 18 heavy (non-hydrogen) atoms. The van der Waals surface area contributed by atoms with Crippen LogP contribution in [-0.2, 0) is 9.09 Å². The van der Waals surface area contributed by atoms with E-state index in [1.165, 1.54) is 11.4 Å². The van der Waals surface area contributed by atoms with Gasteiger partial charge in [-0.3, -0.25) is 4.52 Å². The van der Waals surface area contributed by atoms with Gasteiger partial charge in [0.05, 0.1) is 6.61 Å². The maximum Gasteiger partial charge on any atom is 0.440 e. The maximum absolute atomic E-state index is 12.4. The normalized spacial score (nSPS) is 14.2. The summed E-state index contributed by atoms with van der Waals surface area (Å²) in [6, 6.07) is 7.54. The Morgan fingerprint density at radius 1 is 1.22 bits per heavy atom. The Morgan fingerprint density at radius 2 is 1.89 bits per heavy atom. The molecule has 0 amide bonds. The third kappa shape index (κ3) is 5.27. The summed E-state index contributed by atoms with van der Waals surface area (Å²) in [5.41, 5.74) is 0. The highest BCUT2D eigenvalue weighted by Crippen LogP contribution is 2.60. The van der Waals surface area contributed by atoms with Gasteiger partial charge in [-0.15, -0.1) is 11.8 Å². The standard InChI is InChI=1S/C12H19O3PS2/c1-4-10-18-16(13,14-5-2)15-11-6-8-12(17-3)9-7-11/h6-9H,4-5,10H2,1-3H3. The highest BCUT2D eigenvalue weighted by atomic mass is 32.7. The Kier molecular flexibility index (Phi) is 7.23. The number of benzene rings is 1. The molecule has 102 valence electrons. The minimum absolute atomic E-state index is 0.386. The molecule has 0 aromatic heterocycles. The van der Waals surface area contributed by atoms with Crippen LogP contribution in [0.5, 0.6) is 5.75 Å². The van der Waals surface area contributed by atoms with Crippen LogP contribution in [0.4, 0.5) is 0 Å². The van der Waals surface area contributed by atoms with E-state index in [-0.39, 0.29) is 0 Å². The summed E-state index contributed by atoms with van der Waals surface area (Å²) in [6.45, 7) is 1.17. The summed E-state index contributed by atoms with van der Waals surface area (Å²) in [5, 5.41) is 0. The van der Waals surface area contributed by atoms with E-state index in [2.05, 4.69) is 0 Å². The van der Waals surface area contributed by atoms with E-state index < -0.39 is 6.80 Å². The lowest BCUT2D eigenvalue weighted by Crippen LogP contribution is -1.96. The molecule has 0 N–H and O–H groups in total. The van der Waals surface area contributed by atoms with Crippen LogP contribution in [0.3, 0.4) is 0 Å². The van der Waals surface area contributed by atoms with Gasteiger partial charge in [-0.1, -0.05) is 6.92 Å². The minimum Gasteiger partial charge on any atom is -0.417 e. The zero-order valence-electron chi connectivity index (χ0n) is 10.9. The fraction of sp³-hybridized carbons (Fsp3) is 0.500. The Morgan fingerprint density at radius 3 is 2.39 bits per heavy atom. The fourth-order valence-corrected chi connectivity index (χ4v) is 5.08. The zero-order valence-corrected chi connectivity index (χ0v) is 13.4. The minimum atomic E-state index is -3.07. The van der Waals surface area contributed by atoms with Gasteiger partial charge in [0.2, 0.25) is 0 Å². The molecule has 0 bridgehead atoms. The number of hydrogen-bond donors (Lipinski definition) is 0. The summed E-state index contributed by atoms with van der Waals surface area (Å²) < 4.78 is 23.2. The van der Waals surface area contributed by atoms with Gasteiger partial charge in [0.1, 0.15) is 5.75 Å². The van der Waals surface area contributed by atoms with Crippen molar-refractivity contribution in [3.63, 3.8) is 0 Å². The van der Waals surface area contributed by atoms with Crippen LogP contribution >= 0.6 is 29.9 Å². The number of rotatable bonds is 8. The molecule has 3 nitrogen and oxygen atoms in total. The monoisotopic (exact) mass is 306 g/mol. The second-order valence-electron chi connectivity index (χ2n) is 3.47. The predicted octanol–water partition coefficient (Wildman–Crippen LogP) is 5.08. The van der Waals surface area contributed by atoms with Crippen molar-refractivity contribution >= 4 is 29.9 Å². The van der Waals surface area contributed by atoms with Gasteiger partial charge in [-0.05, 0) is 55.2 Å². The van der Waals surface area contributed by atoms with E-state index in [0.29, 0.717) is 12.4 Å². The van der Waals surface area contributed by atoms with Crippen LogP contribution in [0.25, 0.3) is 0 Å². The van der Waals surface area contributed by atoms with Crippen molar-refractivity contribution in [2.24, 2.45) is 0 Å². The van der Waals surface area contributed by atoms with Crippen LogP contribution in [0.15, 0.2) is 29.2 Å². The maximum atomic E-state index is 12.4. The SMILES string of the molecule is CCCSP(=O)(OCC)Oc1ccc(SC)cc1. The molecule has 1 atom stereocenters. The largest absolute Gasteiger partial charge is 0.440 e. The van der Waals surface area contributed by atoms with Crippen molar-refractivity contribution in [2.45, 2.75) is 25.2 Å². The molecule has 0 saturated heterocycles. The van der Waals surface area contributed by atoms with Crippen molar-refractivity contribution in [1.82, 2.24) is 0 Å². The van der Waals surface area contributed by atoms with Crippen molar-refractivity contribution in [1.29, 1.82) is 0 Å². The first-order valence-corrected chi connectivity index (χ1v) is 10.2. The molecule has 1 rings (SSSR count). The second-order valence-corrected chi connectivity index (χ2v) is 8.46. The predicted molar refractivity (Wildman–Crippen MR) is 80.8 cm³/mol. The molecule has 1 aromatic carbocycles. The summed E-state index contributed by atoms with van der Waals surface area (Å²) in [4.78, 5) is 1.15. The van der Waals surface area contributed by atoms with E-state index in [4.69, 9.17) is 9.05 Å². The summed E-state index contributed by atoms with van der Waals surface area (Å²) >= 11 is 2.92. The summed E-state index contributed by atoms with van der Waals surface area (Å²) in [7, 11) is 0. The van der Waals surface area contributed by atoms with Crippen molar-refractivity contribution < 1.29 is 13.6 Å².